The standard InChI is InChI=1S/C21H24ClN5OS/c1-2-9-24-20(28)17-12-29-21(26-17)19-18(14-3-5-15(22)6-4-14)25-13-27(19)16-7-10-23-11-8-16/h3-6,12-13,16,23H,2,7-11H2,1H3,(H,24,28). The molecule has 0 saturated carbocycles. The van der Waals surface area contributed by atoms with Gasteiger partial charge in [-0.05, 0) is 44.5 Å². The van der Waals surface area contributed by atoms with Crippen LogP contribution in [-0.4, -0.2) is 40.1 Å². The highest BCUT2D eigenvalue weighted by Crippen LogP contribution is 2.37. The topological polar surface area (TPSA) is 71.8 Å². The van der Waals surface area contributed by atoms with E-state index < -0.39 is 0 Å². The van der Waals surface area contributed by atoms with Crippen LogP contribution in [0.2, 0.25) is 5.02 Å². The molecule has 2 N–H and O–H groups in total. The molecule has 1 aliphatic rings. The van der Waals surface area contributed by atoms with E-state index in [-0.39, 0.29) is 5.91 Å². The minimum absolute atomic E-state index is 0.129. The van der Waals surface area contributed by atoms with Crippen LogP contribution in [0.25, 0.3) is 22.0 Å². The first-order chi connectivity index (χ1) is 14.2. The Morgan fingerprint density at radius 2 is 2.07 bits per heavy atom. The predicted molar refractivity (Wildman–Crippen MR) is 118 cm³/mol. The third kappa shape index (κ3) is 4.37. The van der Waals surface area contributed by atoms with Gasteiger partial charge in [0.05, 0.1) is 12.0 Å². The van der Waals surface area contributed by atoms with Crippen LogP contribution in [0.15, 0.2) is 36.0 Å². The van der Waals surface area contributed by atoms with Crippen molar-refractivity contribution >= 4 is 28.8 Å². The van der Waals surface area contributed by atoms with Gasteiger partial charge >= 0.3 is 0 Å². The van der Waals surface area contributed by atoms with E-state index in [2.05, 4.69) is 20.2 Å². The average Bonchev–Trinajstić information content (AvgIpc) is 3.40. The van der Waals surface area contributed by atoms with Crippen molar-refractivity contribution in [3.63, 3.8) is 0 Å². The van der Waals surface area contributed by atoms with Gasteiger partial charge in [-0.2, -0.15) is 0 Å². The zero-order valence-corrected chi connectivity index (χ0v) is 17.9. The fourth-order valence-electron chi connectivity index (χ4n) is 3.57. The highest BCUT2D eigenvalue weighted by Gasteiger charge is 2.25. The number of benzene rings is 1. The number of imidazole rings is 1. The lowest BCUT2D eigenvalue weighted by Gasteiger charge is -2.25. The van der Waals surface area contributed by atoms with Crippen molar-refractivity contribution in [1.82, 2.24) is 25.2 Å². The summed E-state index contributed by atoms with van der Waals surface area (Å²) >= 11 is 7.56. The largest absolute Gasteiger partial charge is 0.351 e. The lowest BCUT2D eigenvalue weighted by atomic mass is 10.1. The monoisotopic (exact) mass is 429 g/mol. The van der Waals surface area contributed by atoms with Crippen LogP contribution in [0, 0.1) is 0 Å². The maximum Gasteiger partial charge on any atom is 0.270 e. The van der Waals surface area contributed by atoms with E-state index in [0.717, 1.165) is 54.3 Å². The Labute approximate surface area is 179 Å². The second-order valence-corrected chi connectivity index (χ2v) is 8.43. The number of hydrogen-bond donors (Lipinski definition) is 2. The molecular formula is C21H24ClN5OS. The molecule has 0 bridgehead atoms. The Bertz CT molecular complexity index is 975. The van der Waals surface area contributed by atoms with Crippen molar-refractivity contribution in [1.29, 1.82) is 0 Å². The van der Waals surface area contributed by atoms with Crippen LogP contribution in [0.3, 0.4) is 0 Å². The summed E-state index contributed by atoms with van der Waals surface area (Å²) in [6, 6.07) is 8.05. The maximum atomic E-state index is 12.4. The molecule has 29 heavy (non-hydrogen) atoms. The Morgan fingerprint density at radius 3 is 2.79 bits per heavy atom. The number of carbonyl (C=O) groups is 1. The minimum Gasteiger partial charge on any atom is -0.351 e. The number of piperidine rings is 1. The lowest BCUT2D eigenvalue weighted by Crippen LogP contribution is -2.29. The van der Waals surface area contributed by atoms with Crippen LogP contribution >= 0.6 is 22.9 Å². The van der Waals surface area contributed by atoms with E-state index in [9.17, 15) is 4.79 Å². The fraction of sp³-hybridized carbons (Fsp3) is 0.381. The molecule has 152 valence electrons. The van der Waals surface area contributed by atoms with E-state index in [1.807, 2.05) is 42.9 Å². The Morgan fingerprint density at radius 1 is 1.31 bits per heavy atom. The van der Waals surface area contributed by atoms with Gasteiger partial charge < -0.3 is 15.2 Å². The lowest BCUT2D eigenvalue weighted by molar-refractivity contribution is 0.0949. The van der Waals surface area contributed by atoms with Crippen LogP contribution in [-0.2, 0) is 0 Å². The molecule has 8 heteroatoms. The molecule has 0 radical (unpaired) electrons. The Balaban J connectivity index is 1.75. The number of hydrogen-bond acceptors (Lipinski definition) is 5. The summed E-state index contributed by atoms with van der Waals surface area (Å²) in [5, 5.41) is 9.64. The van der Waals surface area contributed by atoms with Crippen LogP contribution in [0.1, 0.15) is 42.7 Å². The van der Waals surface area contributed by atoms with Crippen LogP contribution < -0.4 is 10.6 Å². The Kier molecular flexibility index (Phi) is 6.28. The van der Waals surface area contributed by atoms with Gasteiger partial charge in [0, 0.05) is 28.6 Å². The number of rotatable bonds is 6. The number of nitrogens with one attached hydrogen (secondary N) is 2. The van der Waals surface area contributed by atoms with Crippen molar-refractivity contribution in [3.05, 3.63) is 46.7 Å². The molecule has 2 aromatic heterocycles. The van der Waals surface area contributed by atoms with E-state index in [4.69, 9.17) is 16.6 Å². The molecule has 1 aliphatic heterocycles. The predicted octanol–water partition coefficient (Wildman–Crippen LogP) is 4.39. The van der Waals surface area contributed by atoms with Crippen LogP contribution in [0.4, 0.5) is 0 Å². The molecule has 0 atom stereocenters. The molecule has 1 amide bonds. The SMILES string of the molecule is CCCNC(=O)c1csc(-c2c(-c3ccc(Cl)cc3)ncn2C2CCNCC2)n1. The van der Waals surface area contributed by atoms with Gasteiger partial charge in [-0.15, -0.1) is 11.3 Å². The highest BCUT2D eigenvalue weighted by molar-refractivity contribution is 7.13. The third-order valence-corrected chi connectivity index (χ3v) is 6.19. The molecule has 0 aliphatic carbocycles. The van der Waals surface area contributed by atoms with Gasteiger partial charge in [0.25, 0.3) is 5.91 Å². The summed E-state index contributed by atoms with van der Waals surface area (Å²) in [5.41, 5.74) is 3.29. The van der Waals surface area contributed by atoms with Crippen LogP contribution in [0.5, 0.6) is 0 Å². The third-order valence-electron chi connectivity index (χ3n) is 5.09. The first-order valence-corrected chi connectivity index (χ1v) is 11.2. The molecule has 1 fully saturated rings. The Hall–Kier alpha value is -2.22. The summed E-state index contributed by atoms with van der Waals surface area (Å²) < 4.78 is 2.23. The van der Waals surface area contributed by atoms with E-state index in [1.54, 1.807) is 0 Å². The van der Waals surface area contributed by atoms with Gasteiger partial charge in [-0.1, -0.05) is 30.7 Å². The first kappa shape index (κ1) is 20.1. The summed E-state index contributed by atoms with van der Waals surface area (Å²) in [5.74, 6) is -0.129. The van der Waals surface area contributed by atoms with Gasteiger partial charge in [-0.3, -0.25) is 4.79 Å². The van der Waals surface area contributed by atoms with E-state index in [0.29, 0.717) is 23.3 Å². The molecule has 4 rings (SSSR count). The maximum absolute atomic E-state index is 12.4. The molecule has 0 unspecified atom stereocenters. The molecule has 1 aromatic carbocycles. The number of halogens is 1. The summed E-state index contributed by atoms with van der Waals surface area (Å²) in [6.45, 7) is 4.65. The highest BCUT2D eigenvalue weighted by atomic mass is 35.5. The van der Waals surface area contributed by atoms with Crippen molar-refractivity contribution in [2.75, 3.05) is 19.6 Å². The number of thiazole rings is 1. The van der Waals surface area contributed by atoms with Gasteiger partial charge in [0.2, 0.25) is 0 Å². The minimum atomic E-state index is -0.129. The second kappa shape index (κ2) is 9.07. The fourth-order valence-corrected chi connectivity index (χ4v) is 4.54. The van der Waals surface area contributed by atoms with Crippen molar-refractivity contribution in [3.8, 4) is 22.0 Å². The van der Waals surface area contributed by atoms with Gasteiger partial charge in [-0.25, -0.2) is 9.97 Å². The zero-order chi connectivity index (χ0) is 20.2. The van der Waals surface area contributed by atoms with E-state index >= 15 is 0 Å². The summed E-state index contributed by atoms with van der Waals surface area (Å²) in [7, 11) is 0. The average molecular weight is 430 g/mol. The second-order valence-electron chi connectivity index (χ2n) is 7.13. The van der Waals surface area contributed by atoms with Crippen molar-refractivity contribution in [2.45, 2.75) is 32.2 Å². The smallest absolute Gasteiger partial charge is 0.270 e. The first-order valence-electron chi connectivity index (χ1n) is 9.95. The van der Waals surface area contributed by atoms with E-state index in [1.165, 1.54) is 11.3 Å². The molecule has 6 nitrogen and oxygen atoms in total. The van der Waals surface area contributed by atoms with Crippen molar-refractivity contribution in [2.24, 2.45) is 0 Å². The number of amides is 1. The molecular weight excluding hydrogens is 406 g/mol. The molecule has 3 heterocycles. The van der Waals surface area contributed by atoms with Crippen molar-refractivity contribution < 1.29 is 4.79 Å². The molecule has 1 saturated heterocycles. The summed E-state index contributed by atoms with van der Waals surface area (Å²) in [6.07, 6.45) is 4.89. The van der Waals surface area contributed by atoms with Gasteiger partial charge in [0.1, 0.15) is 16.4 Å². The summed E-state index contributed by atoms with van der Waals surface area (Å²) in [4.78, 5) is 21.8. The molecule has 3 aromatic rings. The number of carbonyl (C=O) groups excluding carboxylic acids is 1. The quantitative estimate of drug-likeness (QED) is 0.609. The number of nitrogens with zero attached hydrogens (tertiary/aromatic N) is 3. The number of aromatic nitrogens is 3. The van der Waals surface area contributed by atoms with Gasteiger partial charge in [0.15, 0.2) is 0 Å². The molecule has 0 spiro atoms. The zero-order valence-electron chi connectivity index (χ0n) is 16.3. The normalized spacial score (nSPS) is 14.8.